The van der Waals surface area contributed by atoms with Gasteiger partial charge in [-0.05, 0) is 77.5 Å². The Kier molecular flexibility index (Phi) is 7.17. The quantitative estimate of drug-likeness (QED) is 0.168. The molecule has 0 bridgehead atoms. The lowest BCUT2D eigenvalue weighted by Crippen LogP contribution is -2.05. The smallest absolute Gasteiger partial charge is 0.353 e. The summed E-state index contributed by atoms with van der Waals surface area (Å²) in [4.78, 5) is 19.3. The first kappa shape index (κ1) is 20.8. The molecule has 1 aromatic heterocycles. The number of halogens is 1. The molecule has 0 aliphatic rings. The number of rotatable bonds is 9. The minimum Gasteiger partial charge on any atom is -0.494 e. The Morgan fingerprint density at radius 1 is 1.00 bits per heavy atom. The van der Waals surface area contributed by atoms with E-state index in [1.54, 1.807) is 12.1 Å². The molecule has 0 spiro atoms. The zero-order valence-corrected chi connectivity index (χ0v) is 17.9. The average Bonchev–Trinajstić information content (AvgIpc) is 2.71. The SMILES string of the molecule is CCCCOc1ccc(Nc2ncnc(Nc3ccc(I)cc3)c2[N+](=O)[O-])cc1. The van der Waals surface area contributed by atoms with Gasteiger partial charge in [-0.2, -0.15) is 0 Å². The Morgan fingerprint density at radius 2 is 1.55 bits per heavy atom. The molecular formula is C20H20IN5O3. The van der Waals surface area contributed by atoms with Crippen LogP contribution in [0.5, 0.6) is 5.75 Å². The van der Waals surface area contributed by atoms with Crippen LogP contribution in [-0.4, -0.2) is 21.5 Å². The highest BCUT2D eigenvalue weighted by Gasteiger charge is 2.23. The van der Waals surface area contributed by atoms with E-state index in [9.17, 15) is 10.1 Å². The van der Waals surface area contributed by atoms with Gasteiger partial charge in [0.1, 0.15) is 12.1 Å². The second kappa shape index (κ2) is 10.0. The number of hydrogen-bond donors (Lipinski definition) is 2. The highest BCUT2D eigenvalue weighted by atomic mass is 127. The molecule has 2 aromatic carbocycles. The molecule has 3 rings (SSSR count). The van der Waals surface area contributed by atoms with Crippen molar-refractivity contribution in [2.75, 3.05) is 17.2 Å². The van der Waals surface area contributed by atoms with Crippen LogP contribution in [0.3, 0.4) is 0 Å². The van der Waals surface area contributed by atoms with Crippen molar-refractivity contribution in [2.45, 2.75) is 19.8 Å². The van der Waals surface area contributed by atoms with Gasteiger partial charge in [-0.15, -0.1) is 0 Å². The van der Waals surface area contributed by atoms with Crippen molar-refractivity contribution in [3.05, 3.63) is 68.5 Å². The van der Waals surface area contributed by atoms with Crippen molar-refractivity contribution >= 4 is 51.3 Å². The summed E-state index contributed by atoms with van der Waals surface area (Å²) < 4.78 is 6.70. The van der Waals surface area contributed by atoms with Crippen LogP contribution in [0.15, 0.2) is 54.9 Å². The van der Waals surface area contributed by atoms with Crippen molar-refractivity contribution in [3.8, 4) is 5.75 Å². The van der Waals surface area contributed by atoms with Gasteiger partial charge in [0.15, 0.2) is 0 Å². The van der Waals surface area contributed by atoms with Gasteiger partial charge in [0.05, 0.1) is 11.5 Å². The monoisotopic (exact) mass is 505 g/mol. The predicted molar refractivity (Wildman–Crippen MR) is 121 cm³/mol. The fourth-order valence-electron chi connectivity index (χ4n) is 2.51. The van der Waals surface area contributed by atoms with Crippen LogP contribution < -0.4 is 15.4 Å². The third kappa shape index (κ3) is 5.76. The van der Waals surface area contributed by atoms with Gasteiger partial charge in [0, 0.05) is 14.9 Å². The highest BCUT2D eigenvalue weighted by molar-refractivity contribution is 14.1. The van der Waals surface area contributed by atoms with Crippen LogP contribution in [0.25, 0.3) is 0 Å². The average molecular weight is 505 g/mol. The molecule has 2 N–H and O–H groups in total. The number of ether oxygens (including phenoxy) is 1. The maximum Gasteiger partial charge on any atom is 0.353 e. The third-order valence-corrected chi connectivity index (χ3v) is 4.71. The Hall–Kier alpha value is -2.95. The van der Waals surface area contributed by atoms with E-state index < -0.39 is 4.92 Å². The molecule has 1 heterocycles. The summed E-state index contributed by atoms with van der Waals surface area (Å²) >= 11 is 2.19. The third-order valence-electron chi connectivity index (χ3n) is 4.00. The van der Waals surface area contributed by atoms with Gasteiger partial charge in [-0.1, -0.05) is 13.3 Å². The summed E-state index contributed by atoms with van der Waals surface area (Å²) in [6, 6.07) is 14.7. The molecule has 9 heteroatoms. The first-order valence-corrected chi connectivity index (χ1v) is 10.2. The number of nitro groups is 1. The van der Waals surface area contributed by atoms with Gasteiger partial charge >= 0.3 is 5.69 Å². The fourth-order valence-corrected chi connectivity index (χ4v) is 2.87. The molecule has 0 aliphatic heterocycles. The molecule has 0 unspecified atom stereocenters. The number of benzene rings is 2. The topological polar surface area (TPSA) is 102 Å². The molecule has 8 nitrogen and oxygen atoms in total. The fraction of sp³-hybridized carbons (Fsp3) is 0.200. The van der Waals surface area contributed by atoms with Crippen molar-refractivity contribution in [3.63, 3.8) is 0 Å². The van der Waals surface area contributed by atoms with E-state index in [1.807, 2.05) is 36.4 Å². The Balaban J connectivity index is 1.80. The second-order valence-electron chi connectivity index (χ2n) is 6.16. The minimum atomic E-state index is -0.500. The molecule has 0 aliphatic carbocycles. The van der Waals surface area contributed by atoms with Gasteiger partial charge < -0.3 is 15.4 Å². The molecule has 0 atom stereocenters. The molecule has 3 aromatic rings. The number of unbranched alkanes of at least 4 members (excludes halogenated alkanes) is 1. The molecule has 0 fully saturated rings. The lowest BCUT2D eigenvalue weighted by Gasteiger charge is -2.11. The summed E-state index contributed by atoms with van der Waals surface area (Å²) in [5.41, 5.74) is 1.14. The largest absolute Gasteiger partial charge is 0.494 e. The second-order valence-corrected chi connectivity index (χ2v) is 7.41. The van der Waals surface area contributed by atoms with Gasteiger partial charge in [0.25, 0.3) is 0 Å². The van der Waals surface area contributed by atoms with Crippen LogP contribution in [0, 0.1) is 13.7 Å². The number of aromatic nitrogens is 2. The maximum absolute atomic E-state index is 11.7. The lowest BCUT2D eigenvalue weighted by atomic mass is 10.3. The molecule has 0 saturated heterocycles. The zero-order chi connectivity index (χ0) is 20.6. The molecule has 0 saturated carbocycles. The van der Waals surface area contributed by atoms with Crippen molar-refractivity contribution < 1.29 is 9.66 Å². The van der Waals surface area contributed by atoms with E-state index in [-0.39, 0.29) is 17.3 Å². The number of hydrogen-bond acceptors (Lipinski definition) is 7. The van der Waals surface area contributed by atoms with E-state index >= 15 is 0 Å². The van der Waals surface area contributed by atoms with E-state index in [4.69, 9.17) is 4.74 Å². The van der Waals surface area contributed by atoms with Crippen LogP contribution in [0.1, 0.15) is 19.8 Å². The predicted octanol–water partition coefficient (Wildman–Crippen LogP) is 5.66. The summed E-state index contributed by atoms with van der Waals surface area (Å²) in [7, 11) is 0. The maximum atomic E-state index is 11.7. The highest BCUT2D eigenvalue weighted by Crippen LogP contribution is 2.33. The summed E-state index contributed by atoms with van der Waals surface area (Å²) in [5.74, 6) is 0.980. The summed E-state index contributed by atoms with van der Waals surface area (Å²) in [5, 5.41) is 17.7. The minimum absolute atomic E-state index is 0.109. The van der Waals surface area contributed by atoms with Crippen LogP contribution >= 0.6 is 22.6 Å². The number of nitrogens with zero attached hydrogens (tertiary/aromatic N) is 3. The van der Waals surface area contributed by atoms with E-state index in [0.717, 1.165) is 22.2 Å². The number of anilines is 4. The van der Waals surface area contributed by atoms with E-state index in [2.05, 4.69) is 50.1 Å². The Bertz CT molecular complexity index is 965. The summed E-state index contributed by atoms with van der Waals surface area (Å²) in [6.07, 6.45) is 3.34. The normalized spacial score (nSPS) is 10.4. The molecule has 150 valence electrons. The van der Waals surface area contributed by atoms with Crippen LogP contribution in [-0.2, 0) is 0 Å². The van der Waals surface area contributed by atoms with Crippen molar-refractivity contribution in [1.82, 2.24) is 9.97 Å². The van der Waals surface area contributed by atoms with Gasteiger partial charge in [0.2, 0.25) is 11.6 Å². The molecule has 0 radical (unpaired) electrons. The zero-order valence-electron chi connectivity index (χ0n) is 15.8. The van der Waals surface area contributed by atoms with E-state index in [1.165, 1.54) is 6.33 Å². The molecular weight excluding hydrogens is 485 g/mol. The molecule has 29 heavy (non-hydrogen) atoms. The first-order valence-electron chi connectivity index (χ1n) is 9.08. The van der Waals surface area contributed by atoms with Crippen molar-refractivity contribution in [1.29, 1.82) is 0 Å². The Morgan fingerprint density at radius 3 is 2.07 bits per heavy atom. The molecule has 0 amide bonds. The van der Waals surface area contributed by atoms with Gasteiger partial charge in [-0.3, -0.25) is 10.1 Å². The summed E-state index contributed by atoms with van der Waals surface area (Å²) in [6.45, 7) is 2.76. The van der Waals surface area contributed by atoms with Crippen LogP contribution in [0.2, 0.25) is 0 Å². The first-order chi connectivity index (χ1) is 14.1. The number of nitrogens with one attached hydrogen (secondary N) is 2. The van der Waals surface area contributed by atoms with Crippen LogP contribution in [0.4, 0.5) is 28.7 Å². The Labute approximate surface area is 182 Å². The van der Waals surface area contributed by atoms with E-state index in [0.29, 0.717) is 18.0 Å². The standard InChI is InChI=1S/C20H20IN5O3/c1-2-3-12-29-17-10-8-16(9-11-17)25-20-18(26(27)28)19(22-13-23-20)24-15-6-4-14(21)5-7-15/h4-11,13H,2-3,12H2,1H3,(H2,22,23,24,25). The van der Waals surface area contributed by atoms with Crippen molar-refractivity contribution in [2.24, 2.45) is 0 Å². The van der Waals surface area contributed by atoms with Gasteiger partial charge in [-0.25, -0.2) is 9.97 Å². The lowest BCUT2D eigenvalue weighted by molar-refractivity contribution is -0.383.